The number of unbranched alkanes of at least 4 members (excludes halogenated alkanes) is 9. The Kier molecular flexibility index (Phi) is 12.3. The Labute approximate surface area is 206 Å². The molecule has 0 atom stereocenters. The fourth-order valence-corrected chi connectivity index (χ4v) is 4.80. The summed E-state index contributed by atoms with van der Waals surface area (Å²) in [5.41, 5.74) is 2.02. The molecule has 188 valence electrons. The molecule has 0 spiro atoms. The molecule has 0 fully saturated rings. The Bertz CT molecular complexity index is 970. The van der Waals surface area contributed by atoms with Crippen LogP contribution in [0, 0.1) is 6.92 Å². The third-order valence-corrected chi connectivity index (χ3v) is 7.40. The molecular weight excluding hydrogens is 446 g/mol. The van der Waals surface area contributed by atoms with Crippen molar-refractivity contribution in [3.05, 3.63) is 65.2 Å². The van der Waals surface area contributed by atoms with Gasteiger partial charge in [0.25, 0.3) is 16.0 Å². The minimum atomic E-state index is -3.90. The molecule has 6 heteroatoms. The first-order valence-corrected chi connectivity index (χ1v) is 14.1. The number of benzene rings is 2. The maximum absolute atomic E-state index is 13.0. The Morgan fingerprint density at radius 1 is 0.824 bits per heavy atom. The lowest BCUT2D eigenvalue weighted by atomic mass is 10.1. The first kappa shape index (κ1) is 28.1. The lowest BCUT2D eigenvalue weighted by Gasteiger charge is -2.19. The van der Waals surface area contributed by atoms with E-state index in [1.807, 2.05) is 6.92 Å². The van der Waals surface area contributed by atoms with Gasteiger partial charge in [-0.1, -0.05) is 101 Å². The standard InChI is InChI=1S/C28H41NO4S/c1-4-5-6-7-8-9-10-11-12-15-22-29(3)28(30)27-17-14-13-16-25(27)23-33-34(31,32)26-20-18-24(2)19-21-26/h13-14,16-21H,4-12,15,22-23H2,1-3H3. The highest BCUT2D eigenvalue weighted by atomic mass is 32.2. The second-order valence-corrected chi connectivity index (χ2v) is 10.7. The average molecular weight is 488 g/mol. The van der Waals surface area contributed by atoms with E-state index in [1.165, 1.54) is 63.5 Å². The zero-order valence-electron chi connectivity index (χ0n) is 21.1. The van der Waals surface area contributed by atoms with Crippen LogP contribution in [0.25, 0.3) is 0 Å². The Hall–Kier alpha value is -2.18. The highest BCUT2D eigenvalue weighted by Gasteiger charge is 2.19. The number of carbonyl (C=O) groups is 1. The van der Waals surface area contributed by atoms with Gasteiger partial charge in [0.15, 0.2) is 0 Å². The Morgan fingerprint density at radius 2 is 1.38 bits per heavy atom. The number of hydrogen-bond donors (Lipinski definition) is 0. The zero-order valence-corrected chi connectivity index (χ0v) is 21.9. The van der Waals surface area contributed by atoms with Gasteiger partial charge in [0.2, 0.25) is 0 Å². The van der Waals surface area contributed by atoms with E-state index in [4.69, 9.17) is 4.18 Å². The number of nitrogens with zero attached hydrogens (tertiary/aromatic N) is 1. The van der Waals surface area contributed by atoms with Crippen molar-refractivity contribution >= 4 is 16.0 Å². The maximum Gasteiger partial charge on any atom is 0.297 e. The van der Waals surface area contributed by atoms with Crippen LogP contribution in [0.2, 0.25) is 0 Å². The van der Waals surface area contributed by atoms with Crippen LogP contribution in [0.1, 0.15) is 92.6 Å². The molecule has 0 aliphatic heterocycles. The maximum atomic E-state index is 13.0. The molecule has 2 rings (SSSR count). The predicted molar refractivity (Wildman–Crippen MR) is 138 cm³/mol. The third kappa shape index (κ3) is 9.59. The molecule has 2 aromatic carbocycles. The molecular formula is C28H41NO4S. The van der Waals surface area contributed by atoms with E-state index in [2.05, 4.69) is 6.92 Å². The molecule has 0 aliphatic rings. The first-order valence-electron chi connectivity index (χ1n) is 12.6. The highest BCUT2D eigenvalue weighted by Crippen LogP contribution is 2.19. The minimum absolute atomic E-state index is 0.108. The monoisotopic (exact) mass is 487 g/mol. The zero-order chi connectivity index (χ0) is 24.8. The summed E-state index contributed by atoms with van der Waals surface area (Å²) in [6, 6.07) is 13.6. The summed E-state index contributed by atoms with van der Waals surface area (Å²) in [5, 5.41) is 0. The van der Waals surface area contributed by atoms with Crippen LogP contribution in [0.15, 0.2) is 53.4 Å². The van der Waals surface area contributed by atoms with Crippen molar-refractivity contribution in [2.75, 3.05) is 13.6 Å². The minimum Gasteiger partial charge on any atom is -0.342 e. The molecule has 0 saturated carbocycles. The van der Waals surface area contributed by atoms with Gasteiger partial charge in [-0.3, -0.25) is 8.98 Å². The van der Waals surface area contributed by atoms with Crippen LogP contribution in [-0.4, -0.2) is 32.8 Å². The van der Waals surface area contributed by atoms with Crippen molar-refractivity contribution in [3.63, 3.8) is 0 Å². The van der Waals surface area contributed by atoms with Crippen molar-refractivity contribution in [2.24, 2.45) is 0 Å². The summed E-state index contributed by atoms with van der Waals surface area (Å²) in [5.74, 6) is -0.108. The lowest BCUT2D eigenvalue weighted by Crippen LogP contribution is -2.28. The van der Waals surface area contributed by atoms with Crippen molar-refractivity contribution in [1.29, 1.82) is 0 Å². The average Bonchev–Trinajstić information content (AvgIpc) is 2.84. The third-order valence-electron chi connectivity index (χ3n) is 6.12. The first-order chi connectivity index (χ1) is 16.3. The smallest absolute Gasteiger partial charge is 0.297 e. The van der Waals surface area contributed by atoms with E-state index >= 15 is 0 Å². The summed E-state index contributed by atoms with van der Waals surface area (Å²) in [6.07, 6.45) is 12.5. The van der Waals surface area contributed by atoms with Gasteiger partial charge >= 0.3 is 0 Å². The molecule has 2 aromatic rings. The summed E-state index contributed by atoms with van der Waals surface area (Å²) in [6.45, 7) is 4.65. The van der Waals surface area contributed by atoms with Gasteiger partial charge in [0, 0.05) is 19.2 Å². The molecule has 0 N–H and O–H groups in total. The highest BCUT2D eigenvalue weighted by molar-refractivity contribution is 7.86. The van der Waals surface area contributed by atoms with Gasteiger partial charge < -0.3 is 4.90 Å². The van der Waals surface area contributed by atoms with E-state index in [1.54, 1.807) is 48.3 Å². The van der Waals surface area contributed by atoms with Crippen LogP contribution in [0.5, 0.6) is 0 Å². The lowest BCUT2D eigenvalue weighted by molar-refractivity contribution is 0.0789. The summed E-state index contributed by atoms with van der Waals surface area (Å²) in [4.78, 5) is 14.8. The normalized spacial score (nSPS) is 11.5. The molecule has 1 amide bonds. The van der Waals surface area contributed by atoms with Gasteiger partial charge in [-0.25, -0.2) is 0 Å². The quantitative estimate of drug-likeness (QED) is 0.191. The van der Waals surface area contributed by atoms with Gasteiger partial charge in [0.05, 0.1) is 11.5 Å². The molecule has 0 bridgehead atoms. The largest absolute Gasteiger partial charge is 0.342 e. The molecule has 0 aromatic heterocycles. The van der Waals surface area contributed by atoms with E-state index in [0.29, 0.717) is 17.7 Å². The van der Waals surface area contributed by atoms with Crippen molar-refractivity contribution < 1.29 is 17.4 Å². The Balaban J connectivity index is 1.80. The van der Waals surface area contributed by atoms with Crippen LogP contribution < -0.4 is 0 Å². The molecule has 0 aliphatic carbocycles. The van der Waals surface area contributed by atoms with Gasteiger partial charge in [-0.2, -0.15) is 8.42 Å². The summed E-state index contributed by atoms with van der Waals surface area (Å²) in [7, 11) is -2.09. The second-order valence-electron chi connectivity index (χ2n) is 9.10. The van der Waals surface area contributed by atoms with Gasteiger partial charge in [-0.15, -0.1) is 0 Å². The molecule has 0 unspecified atom stereocenters. The number of hydrogen-bond acceptors (Lipinski definition) is 4. The summed E-state index contributed by atoms with van der Waals surface area (Å²) >= 11 is 0. The fraction of sp³-hybridized carbons (Fsp3) is 0.536. The van der Waals surface area contributed by atoms with Crippen LogP contribution in [0.4, 0.5) is 0 Å². The van der Waals surface area contributed by atoms with Crippen LogP contribution in [0.3, 0.4) is 0 Å². The molecule has 0 radical (unpaired) electrons. The summed E-state index contributed by atoms with van der Waals surface area (Å²) < 4.78 is 30.3. The molecule has 0 heterocycles. The van der Waals surface area contributed by atoms with E-state index in [-0.39, 0.29) is 17.4 Å². The van der Waals surface area contributed by atoms with Crippen molar-refractivity contribution in [2.45, 2.75) is 89.6 Å². The number of rotatable bonds is 16. The molecule has 0 saturated heterocycles. The van der Waals surface area contributed by atoms with E-state index in [0.717, 1.165) is 18.4 Å². The predicted octanol–water partition coefficient (Wildman–Crippen LogP) is 6.89. The van der Waals surface area contributed by atoms with Gasteiger partial charge in [0.1, 0.15) is 0 Å². The fourth-order valence-electron chi connectivity index (χ4n) is 3.91. The molecule has 34 heavy (non-hydrogen) atoms. The van der Waals surface area contributed by atoms with Crippen molar-refractivity contribution in [1.82, 2.24) is 4.90 Å². The Morgan fingerprint density at radius 3 is 2.00 bits per heavy atom. The topological polar surface area (TPSA) is 63.7 Å². The van der Waals surface area contributed by atoms with Crippen molar-refractivity contribution in [3.8, 4) is 0 Å². The second kappa shape index (κ2) is 14.9. The van der Waals surface area contributed by atoms with Crippen LogP contribution >= 0.6 is 0 Å². The van der Waals surface area contributed by atoms with E-state index in [9.17, 15) is 13.2 Å². The molecule has 5 nitrogen and oxygen atoms in total. The number of aryl methyl sites for hydroxylation is 1. The number of carbonyl (C=O) groups excluding carboxylic acids is 1. The van der Waals surface area contributed by atoms with E-state index < -0.39 is 10.1 Å². The SMILES string of the molecule is CCCCCCCCCCCCN(C)C(=O)c1ccccc1COS(=O)(=O)c1ccc(C)cc1. The van der Waals surface area contributed by atoms with Gasteiger partial charge in [-0.05, 0) is 37.1 Å². The van der Waals surface area contributed by atoms with Crippen LogP contribution in [-0.2, 0) is 20.9 Å². The number of amides is 1.